The fourth-order valence-corrected chi connectivity index (χ4v) is 4.60. The Morgan fingerprint density at radius 3 is 2.12 bits per heavy atom. The Bertz CT molecular complexity index is 1190. The van der Waals surface area contributed by atoms with E-state index in [0.29, 0.717) is 42.9 Å². The van der Waals surface area contributed by atoms with Gasteiger partial charge in [-0.3, -0.25) is 9.59 Å². The van der Waals surface area contributed by atoms with Crippen molar-refractivity contribution in [3.63, 3.8) is 0 Å². The largest absolute Gasteiger partial charge is 0.459 e. The second-order valence-corrected chi connectivity index (χ2v) is 8.76. The molecule has 4 aromatic rings. The van der Waals surface area contributed by atoms with Crippen LogP contribution < -0.4 is 0 Å². The monoisotopic (exact) mass is 473 g/mol. The molecule has 1 saturated heterocycles. The minimum Gasteiger partial charge on any atom is -0.459 e. The van der Waals surface area contributed by atoms with Gasteiger partial charge in [0.25, 0.3) is 11.1 Å². The topological polar surface area (TPSA) is 79.8 Å². The van der Waals surface area contributed by atoms with Gasteiger partial charge in [0.1, 0.15) is 5.69 Å². The van der Waals surface area contributed by atoms with Crippen molar-refractivity contribution in [2.24, 2.45) is 0 Å². The lowest BCUT2D eigenvalue weighted by molar-refractivity contribution is -0.129. The predicted molar refractivity (Wildman–Crippen MR) is 129 cm³/mol. The smallest absolute Gasteiger partial charge is 0.289 e. The van der Waals surface area contributed by atoms with Crippen LogP contribution in [0.2, 0.25) is 0 Å². The van der Waals surface area contributed by atoms with Crippen molar-refractivity contribution in [1.82, 2.24) is 14.8 Å². The van der Waals surface area contributed by atoms with Gasteiger partial charge in [0.2, 0.25) is 5.91 Å². The highest BCUT2D eigenvalue weighted by molar-refractivity contribution is 7.99. The van der Waals surface area contributed by atoms with Gasteiger partial charge in [-0.25, -0.2) is 4.98 Å². The molecule has 34 heavy (non-hydrogen) atoms. The van der Waals surface area contributed by atoms with Crippen molar-refractivity contribution in [3.05, 3.63) is 84.8 Å². The second-order valence-electron chi connectivity index (χ2n) is 7.83. The van der Waals surface area contributed by atoms with Gasteiger partial charge in [0, 0.05) is 37.3 Å². The Morgan fingerprint density at radius 2 is 1.47 bits per heavy atom. The lowest BCUT2D eigenvalue weighted by Crippen LogP contribution is -2.51. The van der Waals surface area contributed by atoms with Crippen molar-refractivity contribution in [2.75, 3.05) is 31.9 Å². The molecule has 1 aliphatic heterocycles. The van der Waals surface area contributed by atoms with Crippen LogP contribution in [0.1, 0.15) is 10.6 Å². The summed E-state index contributed by atoms with van der Waals surface area (Å²) in [6.07, 6.45) is 1.49. The summed E-state index contributed by atoms with van der Waals surface area (Å²) in [5.74, 6) is 1.08. The van der Waals surface area contributed by atoms with E-state index in [2.05, 4.69) is 0 Å². The summed E-state index contributed by atoms with van der Waals surface area (Å²) in [6, 6.07) is 23.1. The van der Waals surface area contributed by atoms with E-state index in [0.717, 1.165) is 16.8 Å². The quantitative estimate of drug-likeness (QED) is 0.379. The maximum absolute atomic E-state index is 12.8. The van der Waals surface area contributed by atoms with Gasteiger partial charge >= 0.3 is 0 Å². The average molecular weight is 474 g/mol. The van der Waals surface area contributed by atoms with Crippen LogP contribution in [0, 0.1) is 0 Å². The van der Waals surface area contributed by atoms with Gasteiger partial charge in [0.05, 0.1) is 12.0 Å². The SMILES string of the molecule is O=C(CSc1nc(-c2ccccc2)c(-c2ccccc2)o1)N1CCN(C(=O)c2ccco2)CC1. The Labute approximate surface area is 201 Å². The third-order valence-electron chi connectivity index (χ3n) is 5.66. The molecule has 2 aromatic carbocycles. The van der Waals surface area contributed by atoms with Crippen molar-refractivity contribution in [1.29, 1.82) is 0 Å². The normalized spacial score (nSPS) is 13.8. The molecule has 1 fully saturated rings. The molecule has 0 atom stereocenters. The Hall–Kier alpha value is -3.78. The number of amides is 2. The summed E-state index contributed by atoms with van der Waals surface area (Å²) in [5, 5.41) is 0.456. The number of hydrogen-bond acceptors (Lipinski definition) is 6. The van der Waals surface area contributed by atoms with Gasteiger partial charge in [-0.15, -0.1) is 0 Å². The van der Waals surface area contributed by atoms with Crippen molar-refractivity contribution in [3.8, 4) is 22.6 Å². The van der Waals surface area contributed by atoms with E-state index in [1.807, 2.05) is 60.7 Å². The number of carbonyl (C=O) groups is 2. The van der Waals surface area contributed by atoms with Crippen LogP contribution in [0.3, 0.4) is 0 Å². The Balaban J connectivity index is 1.23. The molecular formula is C26H23N3O4S. The fourth-order valence-electron chi connectivity index (χ4n) is 3.87. The van der Waals surface area contributed by atoms with Gasteiger partial charge in [-0.2, -0.15) is 0 Å². The van der Waals surface area contributed by atoms with E-state index < -0.39 is 0 Å². The molecule has 0 aliphatic carbocycles. The number of piperazine rings is 1. The van der Waals surface area contributed by atoms with Crippen LogP contribution >= 0.6 is 11.8 Å². The van der Waals surface area contributed by atoms with Gasteiger partial charge in [0.15, 0.2) is 11.5 Å². The third kappa shape index (κ3) is 4.77. The maximum atomic E-state index is 12.8. The maximum Gasteiger partial charge on any atom is 0.289 e. The molecule has 2 amide bonds. The Kier molecular flexibility index (Phi) is 6.49. The van der Waals surface area contributed by atoms with Gasteiger partial charge < -0.3 is 18.6 Å². The molecule has 8 heteroatoms. The molecule has 5 rings (SSSR count). The zero-order valence-corrected chi connectivity index (χ0v) is 19.2. The summed E-state index contributed by atoms with van der Waals surface area (Å²) in [4.78, 5) is 33.4. The molecule has 3 heterocycles. The van der Waals surface area contributed by atoms with Crippen LogP contribution in [0.15, 0.2) is 93.1 Å². The zero-order chi connectivity index (χ0) is 23.3. The minimum atomic E-state index is -0.145. The number of aromatic nitrogens is 1. The highest BCUT2D eigenvalue weighted by atomic mass is 32.2. The number of nitrogens with zero attached hydrogens (tertiary/aromatic N) is 3. The predicted octanol–water partition coefficient (Wildman–Crippen LogP) is 4.68. The first-order chi connectivity index (χ1) is 16.7. The van der Waals surface area contributed by atoms with E-state index in [-0.39, 0.29) is 17.6 Å². The van der Waals surface area contributed by atoms with E-state index in [1.165, 1.54) is 18.0 Å². The second kappa shape index (κ2) is 10.0. The highest BCUT2D eigenvalue weighted by Gasteiger charge is 2.26. The zero-order valence-electron chi connectivity index (χ0n) is 18.4. The van der Waals surface area contributed by atoms with Crippen LogP contribution in [-0.2, 0) is 4.79 Å². The van der Waals surface area contributed by atoms with E-state index in [9.17, 15) is 9.59 Å². The fraction of sp³-hybridized carbons (Fsp3) is 0.192. The van der Waals surface area contributed by atoms with Crippen LogP contribution in [0.25, 0.3) is 22.6 Å². The molecule has 0 radical (unpaired) electrons. The first-order valence-corrected chi connectivity index (χ1v) is 12.0. The molecule has 1 aliphatic rings. The number of thioether (sulfide) groups is 1. The highest BCUT2D eigenvalue weighted by Crippen LogP contribution is 2.35. The lowest BCUT2D eigenvalue weighted by atomic mass is 10.1. The number of benzene rings is 2. The van der Waals surface area contributed by atoms with Crippen LogP contribution in [-0.4, -0.2) is 58.5 Å². The molecular weight excluding hydrogens is 450 g/mol. The molecule has 7 nitrogen and oxygen atoms in total. The van der Waals surface area contributed by atoms with Gasteiger partial charge in [-0.1, -0.05) is 72.4 Å². The van der Waals surface area contributed by atoms with Gasteiger partial charge in [-0.05, 0) is 12.1 Å². The summed E-state index contributed by atoms with van der Waals surface area (Å²) in [5.41, 5.74) is 2.65. The Morgan fingerprint density at radius 1 is 0.824 bits per heavy atom. The van der Waals surface area contributed by atoms with E-state index in [1.54, 1.807) is 21.9 Å². The minimum absolute atomic E-state index is 0.00387. The van der Waals surface area contributed by atoms with E-state index in [4.69, 9.17) is 13.8 Å². The molecule has 0 saturated carbocycles. The number of carbonyl (C=O) groups excluding carboxylic acids is 2. The number of rotatable bonds is 6. The van der Waals surface area contributed by atoms with E-state index >= 15 is 0 Å². The van der Waals surface area contributed by atoms with Crippen LogP contribution in [0.4, 0.5) is 0 Å². The summed E-state index contributed by atoms with van der Waals surface area (Å²) >= 11 is 1.29. The molecule has 0 unspecified atom stereocenters. The average Bonchev–Trinajstić information content (AvgIpc) is 3.59. The third-order valence-corrected chi connectivity index (χ3v) is 6.47. The molecule has 0 bridgehead atoms. The van der Waals surface area contributed by atoms with Crippen LogP contribution in [0.5, 0.6) is 0 Å². The van der Waals surface area contributed by atoms with Crippen molar-refractivity contribution in [2.45, 2.75) is 5.22 Å². The molecule has 0 N–H and O–H groups in total. The first kappa shape index (κ1) is 22.0. The van der Waals surface area contributed by atoms with Crippen molar-refractivity contribution >= 4 is 23.6 Å². The molecule has 172 valence electrons. The van der Waals surface area contributed by atoms with Crippen molar-refractivity contribution < 1.29 is 18.4 Å². The number of hydrogen-bond donors (Lipinski definition) is 0. The number of furan rings is 1. The number of oxazole rings is 1. The summed E-state index contributed by atoms with van der Waals surface area (Å²) in [7, 11) is 0. The standard InChI is InChI=1S/C26H23N3O4S/c30-22(28-13-15-29(16-14-28)25(31)21-12-7-17-32-21)18-34-26-27-23(19-8-3-1-4-9-19)24(33-26)20-10-5-2-6-11-20/h1-12,17H,13-16,18H2. The summed E-state index contributed by atoms with van der Waals surface area (Å²) < 4.78 is 11.3. The molecule has 2 aromatic heterocycles. The first-order valence-electron chi connectivity index (χ1n) is 11.0. The summed E-state index contributed by atoms with van der Waals surface area (Å²) in [6.45, 7) is 1.93. The lowest BCUT2D eigenvalue weighted by Gasteiger charge is -2.34. The molecule has 0 spiro atoms.